The van der Waals surface area contributed by atoms with E-state index in [1.807, 2.05) is 0 Å². The third-order valence-electron chi connectivity index (χ3n) is 4.65. The third kappa shape index (κ3) is 0.766. The van der Waals surface area contributed by atoms with Crippen LogP contribution in [0.1, 0.15) is 33.6 Å². The zero-order chi connectivity index (χ0) is 9.85. The van der Waals surface area contributed by atoms with Crippen molar-refractivity contribution in [3.63, 3.8) is 0 Å². The minimum Gasteiger partial charge on any atom is -0.411 e. The maximum atomic E-state index is 9.98. The Morgan fingerprint density at radius 3 is 2.31 bits per heavy atom. The molecule has 74 valence electrons. The summed E-state index contributed by atoms with van der Waals surface area (Å²) in [6.07, 6.45) is 1.52. The van der Waals surface area contributed by atoms with Gasteiger partial charge in [-0.15, -0.1) is 0 Å². The molecule has 0 heterocycles. The first kappa shape index (κ1) is 9.00. The molecule has 0 aromatic carbocycles. The van der Waals surface area contributed by atoms with Gasteiger partial charge >= 0.3 is 0 Å². The Kier molecular flexibility index (Phi) is 1.57. The molecule has 0 spiro atoms. The Bertz CT molecular complexity index is 272. The van der Waals surface area contributed by atoms with Gasteiger partial charge in [0.1, 0.15) is 6.10 Å². The van der Waals surface area contributed by atoms with Crippen LogP contribution in [0.2, 0.25) is 0 Å². The van der Waals surface area contributed by atoms with E-state index in [1.165, 1.54) is 0 Å². The van der Waals surface area contributed by atoms with E-state index in [2.05, 4.69) is 25.9 Å². The van der Waals surface area contributed by atoms with Gasteiger partial charge in [-0.3, -0.25) is 0 Å². The minimum absolute atomic E-state index is 0.0635. The lowest BCUT2D eigenvalue weighted by atomic mass is 9.70. The first-order valence-electron chi connectivity index (χ1n) is 4.85. The van der Waals surface area contributed by atoms with Crippen LogP contribution in [0.4, 0.5) is 0 Å². The molecule has 3 heteroatoms. The molecule has 0 aromatic rings. The largest absolute Gasteiger partial charge is 0.411 e. The van der Waals surface area contributed by atoms with Crippen molar-refractivity contribution >= 4 is 5.71 Å². The van der Waals surface area contributed by atoms with Crippen LogP contribution in [-0.2, 0) is 0 Å². The van der Waals surface area contributed by atoms with E-state index in [1.54, 1.807) is 0 Å². The second kappa shape index (κ2) is 2.27. The highest BCUT2D eigenvalue weighted by molar-refractivity contribution is 5.95. The van der Waals surface area contributed by atoms with Crippen LogP contribution in [0.3, 0.4) is 0 Å². The highest BCUT2D eigenvalue weighted by Crippen LogP contribution is 2.64. The summed E-state index contributed by atoms with van der Waals surface area (Å²) in [7, 11) is 0. The highest BCUT2D eigenvalue weighted by Gasteiger charge is 2.64. The Morgan fingerprint density at radius 1 is 1.38 bits per heavy atom. The van der Waals surface area contributed by atoms with E-state index in [4.69, 9.17) is 5.21 Å². The van der Waals surface area contributed by atoms with E-state index >= 15 is 0 Å². The molecule has 0 radical (unpaired) electrons. The lowest BCUT2D eigenvalue weighted by molar-refractivity contribution is 0.0332. The standard InChI is InChI=1S/C10H17NO2/c1-9(2)6-4-5-10(9,3)8(12)7(6)11-13/h6,8,12-13H,4-5H2,1-3H3/b11-7+. The van der Waals surface area contributed by atoms with Crippen molar-refractivity contribution in [2.24, 2.45) is 21.9 Å². The summed E-state index contributed by atoms with van der Waals surface area (Å²) in [5.74, 6) is 0.262. The van der Waals surface area contributed by atoms with Crippen LogP contribution in [0.15, 0.2) is 5.16 Å². The Balaban J connectivity index is 2.51. The Labute approximate surface area is 78.4 Å². The molecule has 2 aliphatic rings. The zero-order valence-electron chi connectivity index (χ0n) is 8.41. The fourth-order valence-electron chi connectivity index (χ4n) is 3.17. The topological polar surface area (TPSA) is 52.8 Å². The number of nitrogens with zero attached hydrogens (tertiary/aromatic N) is 1. The smallest absolute Gasteiger partial charge is 0.102 e. The predicted octanol–water partition coefficient (Wildman–Crippen LogP) is 1.63. The molecular formula is C10H17NO2. The third-order valence-corrected chi connectivity index (χ3v) is 4.65. The Morgan fingerprint density at radius 2 is 2.00 bits per heavy atom. The minimum atomic E-state index is -0.550. The van der Waals surface area contributed by atoms with Gasteiger partial charge in [0, 0.05) is 11.3 Å². The van der Waals surface area contributed by atoms with Crippen LogP contribution in [0.5, 0.6) is 0 Å². The van der Waals surface area contributed by atoms with Gasteiger partial charge < -0.3 is 10.3 Å². The maximum absolute atomic E-state index is 9.98. The molecule has 2 fully saturated rings. The molecule has 13 heavy (non-hydrogen) atoms. The molecule has 0 aliphatic heterocycles. The quantitative estimate of drug-likeness (QED) is 0.443. The van der Waals surface area contributed by atoms with Gasteiger partial charge in [-0.05, 0) is 18.3 Å². The molecule has 3 atom stereocenters. The van der Waals surface area contributed by atoms with Gasteiger partial charge in [-0.2, -0.15) is 0 Å². The average Bonchev–Trinajstić information content (AvgIpc) is 2.36. The lowest BCUT2D eigenvalue weighted by Crippen LogP contribution is -2.37. The summed E-state index contributed by atoms with van der Waals surface area (Å²) in [5.41, 5.74) is 0.562. The zero-order valence-corrected chi connectivity index (χ0v) is 8.41. The molecule has 2 bridgehead atoms. The summed E-state index contributed by atoms with van der Waals surface area (Å²) in [6.45, 7) is 6.41. The maximum Gasteiger partial charge on any atom is 0.102 e. The van der Waals surface area contributed by atoms with E-state index in [-0.39, 0.29) is 16.7 Å². The predicted molar refractivity (Wildman–Crippen MR) is 49.8 cm³/mol. The molecule has 3 unspecified atom stereocenters. The van der Waals surface area contributed by atoms with Crippen molar-refractivity contribution in [3.8, 4) is 0 Å². The normalized spacial score (nSPS) is 50.3. The SMILES string of the molecule is CC1(C)C2CCC1(C)C(O)/C2=N/O. The van der Waals surface area contributed by atoms with Crippen molar-refractivity contribution in [2.75, 3.05) is 0 Å². The molecule has 0 aromatic heterocycles. The summed E-state index contributed by atoms with van der Waals surface area (Å²) >= 11 is 0. The fourth-order valence-corrected chi connectivity index (χ4v) is 3.17. The van der Waals surface area contributed by atoms with Gasteiger partial charge in [0.25, 0.3) is 0 Å². The van der Waals surface area contributed by atoms with Crippen molar-refractivity contribution in [2.45, 2.75) is 39.7 Å². The molecule has 0 amide bonds. The summed E-state index contributed by atoms with van der Waals surface area (Å²) in [5, 5.41) is 22.1. The molecule has 2 rings (SSSR count). The van der Waals surface area contributed by atoms with Crippen molar-refractivity contribution in [3.05, 3.63) is 0 Å². The monoisotopic (exact) mass is 183 g/mol. The summed E-state index contributed by atoms with van der Waals surface area (Å²) in [4.78, 5) is 0. The van der Waals surface area contributed by atoms with Crippen molar-refractivity contribution < 1.29 is 10.3 Å². The number of fused-ring (bicyclic) bond motifs is 2. The highest BCUT2D eigenvalue weighted by atomic mass is 16.4. The van der Waals surface area contributed by atoms with Gasteiger partial charge in [-0.25, -0.2) is 0 Å². The van der Waals surface area contributed by atoms with E-state index in [0.29, 0.717) is 5.71 Å². The van der Waals surface area contributed by atoms with Crippen molar-refractivity contribution in [1.29, 1.82) is 0 Å². The first-order valence-corrected chi connectivity index (χ1v) is 4.85. The van der Waals surface area contributed by atoms with E-state index in [9.17, 15) is 5.11 Å². The summed E-state index contributed by atoms with van der Waals surface area (Å²) in [6, 6.07) is 0. The number of hydrogen-bond acceptors (Lipinski definition) is 3. The van der Waals surface area contributed by atoms with Gasteiger partial charge in [-0.1, -0.05) is 25.9 Å². The molecular weight excluding hydrogens is 166 g/mol. The average molecular weight is 183 g/mol. The number of oxime groups is 1. The van der Waals surface area contributed by atoms with Crippen LogP contribution >= 0.6 is 0 Å². The van der Waals surface area contributed by atoms with Crippen LogP contribution < -0.4 is 0 Å². The van der Waals surface area contributed by atoms with Crippen molar-refractivity contribution in [1.82, 2.24) is 0 Å². The molecule has 0 saturated heterocycles. The van der Waals surface area contributed by atoms with E-state index in [0.717, 1.165) is 12.8 Å². The van der Waals surface area contributed by atoms with Gasteiger partial charge in [0.15, 0.2) is 0 Å². The van der Waals surface area contributed by atoms with Crippen LogP contribution in [-0.4, -0.2) is 22.1 Å². The summed E-state index contributed by atoms with van der Waals surface area (Å²) < 4.78 is 0. The molecule has 3 nitrogen and oxygen atoms in total. The second-order valence-corrected chi connectivity index (χ2v) is 5.16. The van der Waals surface area contributed by atoms with Gasteiger partial charge in [0.2, 0.25) is 0 Å². The fraction of sp³-hybridized carbons (Fsp3) is 0.900. The van der Waals surface area contributed by atoms with Crippen LogP contribution in [0, 0.1) is 16.7 Å². The number of aliphatic hydroxyl groups is 1. The number of hydrogen-bond donors (Lipinski definition) is 2. The first-order chi connectivity index (χ1) is 5.95. The van der Waals surface area contributed by atoms with Crippen LogP contribution in [0.25, 0.3) is 0 Å². The lowest BCUT2D eigenvalue weighted by Gasteiger charge is -2.35. The number of aliphatic hydroxyl groups excluding tert-OH is 1. The molecule has 2 N–H and O–H groups in total. The van der Waals surface area contributed by atoms with Gasteiger partial charge in [0.05, 0.1) is 5.71 Å². The molecule has 2 aliphatic carbocycles. The Hall–Kier alpha value is -0.570. The van der Waals surface area contributed by atoms with E-state index < -0.39 is 6.10 Å². The molecule has 2 saturated carbocycles. The second-order valence-electron chi connectivity index (χ2n) is 5.16. The number of rotatable bonds is 0.